The van der Waals surface area contributed by atoms with Gasteiger partial charge in [-0.15, -0.1) is 0 Å². The van der Waals surface area contributed by atoms with Crippen LogP contribution in [0.5, 0.6) is 0 Å². The standard InChI is InChI=1S/C19H17ClN4O/c1-14(25)22-21-11-17-13-24(12-16-9-5-6-10-18(16)20)23-19(17)15-7-3-2-4-8-15/h2-11,13H,12H2,1H3,(H,22,25)/b21-11-. The second kappa shape index (κ2) is 7.77. The molecule has 0 spiro atoms. The molecule has 0 bridgehead atoms. The van der Waals surface area contributed by atoms with E-state index in [1.54, 1.807) is 6.21 Å². The molecule has 0 saturated heterocycles. The van der Waals surface area contributed by atoms with Crippen LogP contribution in [0.25, 0.3) is 11.3 Å². The molecule has 3 rings (SSSR count). The maximum absolute atomic E-state index is 11.0. The van der Waals surface area contributed by atoms with Crippen LogP contribution in [-0.4, -0.2) is 21.9 Å². The molecule has 2 aromatic carbocycles. The fourth-order valence-electron chi connectivity index (χ4n) is 2.43. The van der Waals surface area contributed by atoms with Gasteiger partial charge in [-0.3, -0.25) is 9.48 Å². The van der Waals surface area contributed by atoms with Crippen molar-refractivity contribution in [3.63, 3.8) is 0 Å². The summed E-state index contributed by atoms with van der Waals surface area (Å²) in [7, 11) is 0. The van der Waals surface area contributed by atoms with Gasteiger partial charge in [-0.25, -0.2) is 5.43 Å². The minimum Gasteiger partial charge on any atom is -0.274 e. The van der Waals surface area contributed by atoms with Crippen molar-refractivity contribution in [2.24, 2.45) is 5.10 Å². The Morgan fingerprint density at radius 1 is 1.20 bits per heavy atom. The van der Waals surface area contributed by atoms with Crippen molar-refractivity contribution in [2.75, 3.05) is 0 Å². The predicted molar refractivity (Wildman–Crippen MR) is 99.6 cm³/mol. The largest absolute Gasteiger partial charge is 0.274 e. The third-order valence-electron chi connectivity index (χ3n) is 3.55. The van der Waals surface area contributed by atoms with E-state index in [2.05, 4.69) is 15.6 Å². The highest BCUT2D eigenvalue weighted by Crippen LogP contribution is 2.22. The number of halogens is 1. The van der Waals surface area contributed by atoms with Gasteiger partial charge in [0, 0.05) is 29.3 Å². The lowest BCUT2D eigenvalue weighted by atomic mass is 10.1. The van der Waals surface area contributed by atoms with Gasteiger partial charge in [-0.1, -0.05) is 60.1 Å². The van der Waals surface area contributed by atoms with Crippen LogP contribution in [0.15, 0.2) is 65.9 Å². The third kappa shape index (κ3) is 4.33. The molecular weight excluding hydrogens is 336 g/mol. The van der Waals surface area contributed by atoms with Crippen LogP contribution in [-0.2, 0) is 11.3 Å². The van der Waals surface area contributed by atoms with E-state index in [0.29, 0.717) is 11.6 Å². The molecule has 25 heavy (non-hydrogen) atoms. The fourth-order valence-corrected chi connectivity index (χ4v) is 2.62. The Morgan fingerprint density at radius 3 is 2.64 bits per heavy atom. The molecule has 1 N–H and O–H groups in total. The molecule has 0 saturated carbocycles. The Kier molecular flexibility index (Phi) is 5.26. The fraction of sp³-hybridized carbons (Fsp3) is 0.105. The Balaban J connectivity index is 1.95. The zero-order valence-corrected chi connectivity index (χ0v) is 14.4. The van der Waals surface area contributed by atoms with Gasteiger partial charge in [0.1, 0.15) is 5.69 Å². The van der Waals surface area contributed by atoms with Gasteiger partial charge < -0.3 is 0 Å². The van der Waals surface area contributed by atoms with Crippen LogP contribution in [0.4, 0.5) is 0 Å². The van der Waals surface area contributed by atoms with Crippen molar-refractivity contribution in [1.82, 2.24) is 15.2 Å². The first kappa shape index (κ1) is 16.9. The Labute approximate surface area is 150 Å². The molecular formula is C19H17ClN4O. The second-order valence-corrected chi connectivity index (χ2v) is 5.92. The van der Waals surface area contributed by atoms with Gasteiger partial charge in [0.15, 0.2) is 0 Å². The van der Waals surface area contributed by atoms with E-state index in [1.165, 1.54) is 6.92 Å². The molecule has 1 amide bonds. The van der Waals surface area contributed by atoms with E-state index in [-0.39, 0.29) is 5.91 Å². The zero-order valence-electron chi connectivity index (χ0n) is 13.7. The Hall–Kier alpha value is -2.92. The van der Waals surface area contributed by atoms with Gasteiger partial charge in [0.2, 0.25) is 5.91 Å². The highest BCUT2D eigenvalue weighted by molar-refractivity contribution is 6.31. The summed E-state index contributed by atoms with van der Waals surface area (Å²) in [6.07, 6.45) is 3.48. The van der Waals surface area contributed by atoms with E-state index in [4.69, 9.17) is 11.6 Å². The van der Waals surface area contributed by atoms with Gasteiger partial charge in [-0.2, -0.15) is 10.2 Å². The maximum atomic E-state index is 11.0. The van der Waals surface area contributed by atoms with Crippen molar-refractivity contribution in [2.45, 2.75) is 13.5 Å². The van der Waals surface area contributed by atoms with Crippen LogP contribution in [0.2, 0.25) is 5.02 Å². The van der Waals surface area contributed by atoms with Crippen LogP contribution < -0.4 is 5.43 Å². The van der Waals surface area contributed by atoms with Crippen molar-refractivity contribution in [3.05, 3.63) is 76.9 Å². The molecule has 0 atom stereocenters. The SMILES string of the molecule is CC(=O)N/N=C\c1cn(Cc2ccccc2Cl)nc1-c1ccccc1. The molecule has 0 unspecified atom stereocenters. The molecule has 5 nitrogen and oxygen atoms in total. The summed E-state index contributed by atoms with van der Waals surface area (Å²) in [6.45, 7) is 1.96. The lowest BCUT2D eigenvalue weighted by Gasteiger charge is -2.04. The van der Waals surface area contributed by atoms with Gasteiger partial charge in [-0.05, 0) is 11.6 Å². The normalized spacial score (nSPS) is 11.0. The van der Waals surface area contributed by atoms with Crippen LogP contribution in [0.1, 0.15) is 18.1 Å². The molecule has 6 heteroatoms. The topological polar surface area (TPSA) is 59.3 Å². The number of rotatable bonds is 5. The highest BCUT2D eigenvalue weighted by atomic mass is 35.5. The molecule has 0 radical (unpaired) electrons. The van der Waals surface area contributed by atoms with E-state index < -0.39 is 0 Å². The molecule has 1 heterocycles. The summed E-state index contributed by atoms with van der Waals surface area (Å²) in [5.41, 5.74) is 5.98. The number of amides is 1. The predicted octanol–water partition coefficient (Wildman–Crippen LogP) is 3.72. The van der Waals surface area contributed by atoms with Crippen LogP contribution in [0, 0.1) is 0 Å². The van der Waals surface area contributed by atoms with Crippen LogP contribution >= 0.6 is 11.6 Å². The van der Waals surface area contributed by atoms with Crippen LogP contribution in [0.3, 0.4) is 0 Å². The van der Waals surface area contributed by atoms with Crippen molar-refractivity contribution in [1.29, 1.82) is 0 Å². The summed E-state index contributed by atoms with van der Waals surface area (Å²) in [6, 6.07) is 17.5. The number of hydrogen-bond donors (Lipinski definition) is 1. The second-order valence-electron chi connectivity index (χ2n) is 5.51. The van der Waals surface area contributed by atoms with E-state index in [1.807, 2.05) is 65.5 Å². The molecule has 0 aliphatic rings. The minimum atomic E-state index is -0.221. The van der Waals surface area contributed by atoms with Crippen molar-refractivity contribution in [3.8, 4) is 11.3 Å². The number of nitrogens with one attached hydrogen (secondary N) is 1. The third-order valence-corrected chi connectivity index (χ3v) is 3.92. The summed E-state index contributed by atoms with van der Waals surface area (Å²) >= 11 is 6.24. The first-order valence-electron chi connectivity index (χ1n) is 7.79. The van der Waals surface area contributed by atoms with Crippen molar-refractivity contribution >= 4 is 23.7 Å². The number of aromatic nitrogens is 2. The summed E-state index contributed by atoms with van der Waals surface area (Å²) < 4.78 is 1.82. The van der Waals surface area contributed by atoms with Gasteiger partial charge >= 0.3 is 0 Å². The summed E-state index contributed by atoms with van der Waals surface area (Å²) in [5.74, 6) is -0.221. The lowest BCUT2D eigenvalue weighted by Crippen LogP contribution is -2.12. The number of hydrazone groups is 1. The number of nitrogens with zero attached hydrogens (tertiary/aromatic N) is 3. The smallest absolute Gasteiger partial charge is 0.236 e. The Bertz CT molecular complexity index is 903. The average Bonchev–Trinajstić information content (AvgIpc) is 3.00. The molecule has 0 aliphatic carbocycles. The van der Waals surface area contributed by atoms with Crippen molar-refractivity contribution < 1.29 is 4.79 Å². The molecule has 126 valence electrons. The number of carbonyl (C=O) groups is 1. The monoisotopic (exact) mass is 352 g/mol. The van der Waals surface area contributed by atoms with E-state index in [0.717, 1.165) is 22.4 Å². The minimum absolute atomic E-state index is 0.221. The molecule has 0 fully saturated rings. The lowest BCUT2D eigenvalue weighted by molar-refractivity contribution is -0.118. The quantitative estimate of drug-likeness (QED) is 0.562. The molecule has 3 aromatic rings. The molecule has 0 aliphatic heterocycles. The Morgan fingerprint density at radius 2 is 1.92 bits per heavy atom. The van der Waals surface area contributed by atoms with E-state index >= 15 is 0 Å². The molecule has 1 aromatic heterocycles. The first-order valence-corrected chi connectivity index (χ1v) is 8.17. The number of hydrogen-bond acceptors (Lipinski definition) is 3. The van der Waals surface area contributed by atoms with E-state index in [9.17, 15) is 4.79 Å². The highest BCUT2D eigenvalue weighted by Gasteiger charge is 2.11. The van der Waals surface area contributed by atoms with Gasteiger partial charge in [0.25, 0.3) is 0 Å². The van der Waals surface area contributed by atoms with Gasteiger partial charge in [0.05, 0.1) is 12.8 Å². The first-order chi connectivity index (χ1) is 12.1. The number of benzene rings is 2. The summed E-state index contributed by atoms with van der Waals surface area (Å²) in [5, 5.41) is 9.33. The average molecular weight is 353 g/mol. The maximum Gasteiger partial charge on any atom is 0.236 e. The zero-order chi connectivity index (χ0) is 17.6. The summed E-state index contributed by atoms with van der Waals surface area (Å²) in [4.78, 5) is 11.0. The number of carbonyl (C=O) groups excluding carboxylic acids is 1.